The van der Waals surface area contributed by atoms with E-state index in [2.05, 4.69) is 4.98 Å². The normalized spacial score (nSPS) is 10.4. The molecule has 0 radical (unpaired) electrons. The van der Waals surface area contributed by atoms with Crippen LogP contribution >= 0.6 is 11.6 Å². The minimum Gasteiger partial charge on any atom is -0.441 e. The molecule has 0 aliphatic heterocycles. The lowest BCUT2D eigenvalue weighted by molar-refractivity contribution is 0.543. The number of benzene rings is 1. The molecule has 0 amide bonds. The molecule has 0 aliphatic rings. The van der Waals surface area contributed by atoms with E-state index in [9.17, 15) is 0 Å². The lowest BCUT2D eigenvalue weighted by Crippen LogP contribution is -1.90. The summed E-state index contributed by atoms with van der Waals surface area (Å²) in [5.41, 5.74) is 7.00. The Morgan fingerprint density at radius 1 is 1.43 bits per heavy atom. The van der Waals surface area contributed by atoms with E-state index in [0.29, 0.717) is 22.2 Å². The van der Waals surface area contributed by atoms with E-state index >= 15 is 0 Å². The smallest absolute Gasteiger partial charge is 0.229 e. The van der Waals surface area contributed by atoms with Crippen molar-refractivity contribution in [2.75, 3.05) is 5.73 Å². The van der Waals surface area contributed by atoms with Crippen molar-refractivity contribution in [3.63, 3.8) is 0 Å². The van der Waals surface area contributed by atoms with E-state index < -0.39 is 0 Å². The van der Waals surface area contributed by atoms with Crippen LogP contribution in [0.3, 0.4) is 0 Å². The summed E-state index contributed by atoms with van der Waals surface area (Å²) in [5, 5.41) is 0.548. The lowest BCUT2D eigenvalue weighted by Gasteiger charge is -2.02. The largest absolute Gasteiger partial charge is 0.441 e. The molecule has 0 unspecified atom stereocenters. The predicted molar refractivity (Wildman–Crippen MR) is 56.1 cm³/mol. The molecule has 1 aromatic carbocycles. The fraction of sp³-hybridized carbons (Fsp3) is 0.100. The average Bonchev–Trinajstić information content (AvgIpc) is 2.51. The molecule has 0 atom stereocenters. The third-order valence-electron chi connectivity index (χ3n) is 1.88. The topological polar surface area (TPSA) is 52.0 Å². The highest BCUT2D eigenvalue weighted by molar-refractivity contribution is 6.33. The second-order valence-electron chi connectivity index (χ2n) is 2.98. The molecule has 2 aromatic rings. The molecule has 72 valence electrons. The Morgan fingerprint density at radius 3 is 2.79 bits per heavy atom. The molecule has 3 nitrogen and oxygen atoms in total. The van der Waals surface area contributed by atoms with Gasteiger partial charge in [-0.1, -0.05) is 17.7 Å². The second-order valence-corrected chi connectivity index (χ2v) is 3.39. The molecule has 1 aromatic heterocycles. The summed E-state index contributed by atoms with van der Waals surface area (Å²) in [7, 11) is 0. The van der Waals surface area contributed by atoms with Gasteiger partial charge in [0.15, 0.2) is 0 Å². The number of nitrogen functional groups attached to an aromatic ring is 1. The van der Waals surface area contributed by atoms with Crippen molar-refractivity contribution in [2.45, 2.75) is 6.92 Å². The fourth-order valence-corrected chi connectivity index (χ4v) is 1.50. The minimum absolute atomic E-state index is 0.464. The van der Waals surface area contributed by atoms with Crippen LogP contribution in [0.1, 0.15) is 5.76 Å². The Bertz CT molecular complexity index is 445. The third-order valence-corrected chi connectivity index (χ3v) is 2.20. The van der Waals surface area contributed by atoms with Crippen molar-refractivity contribution in [2.24, 2.45) is 0 Å². The average molecular weight is 209 g/mol. The first-order valence-corrected chi connectivity index (χ1v) is 4.53. The third kappa shape index (κ3) is 1.46. The summed E-state index contributed by atoms with van der Waals surface area (Å²) < 4.78 is 5.36. The summed E-state index contributed by atoms with van der Waals surface area (Å²) >= 11 is 5.99. The van der Waals surface area contributed by atoms with Gasteiger partial charge in [0, 0.05) is 5.69 Å². The zero-order valence-electron chi connectivity index (χ0n) is 7.62. The number of oxazole rings is 1. The van der Waals surface area contributed by atoms with Gasteiger partial charge < -0.3 is 10.2 Å². The lowest BCUT2D eigenvalue weighted by atomic mass is 10.2. The number of aromatic nitrogens is 1. The van der Waals surface area contributed by atoms with E-state index in [1.165, 1.54) is 0 Å². The van der Waals surface area contributed by atoms with Crippen LogP contribution in [0.4, 0.5) is 5.69 Å². The van der Waals surface area contributed by atoms with Crippen molar-refractivity contribution in [1.29, 1.82) is 0 Å². The standard InChI is InChI=1S/C10H9ClN2O/c1-6-5-13-10(14-6)9-7(11)3-2-4-8(9)12/h2-5H,12H2,1H3. The van der Waals surface area contributed by atoms with Gasteiger partial charge in [-0.2, -0.15) is 0 Å². The molecule has 0 saturated heterocycles. The monoisotopic (exact) mass is 208 g/mol. The summed E-state index contributed by atoms with van der Waals surface area (Å²) in [4.78, 5) is 4.08. The molecule has 0 aliphatic carbocycles. The first kappa shape index (κ1) is 9.09. The summed E-state index contributed by atoms with van der Waals surface area (Å²) in [5.74, 6) is 1.20. The maximum Gasteiger partial charge on any atom is 0.229 e. The maximum atomic E-state index is 5.99. The van der Waals surface area contributed by atoms with E-state index in [1.807, 2.05) is 6.92 Å². The van der Waals surface area contributed by atoms with Gasteiger partial charge in [0.1, 0.15) is 5.76 Å². The zero-order chi connectivity index (χ0) is 10.1. The van der Waals surface area contributed by atoms with Crippen LogP contribution in [-0.4, -0.2) is 4.98 Å². The Hall–Kier alpha value is -1.48. The number of halogens is 1. The van der Waals surface area contributed by atoms with Crippen LogP contribution in [0.2, 0.25) is 5.02 Å². The van der Waals surface area contributed by atoms with Crippen molar-refractivity contribution in [1.82, 2.24) is 4.98 Å². The number of anilines is 1. The molecular formula is C10H9ClN2O. The van der Waals surface area contributed by atoms with Gasteiger partial charge in [0.05, 0.1) is 16.8 Å². The SMILES string of the molecule is Cc1cnc(-c2c(N)cccc2Cl)o1. The Kier molecular flexibility index (Phi) is 2.17. The van der Waals surface area contributed by atoms with Gasteiger partial charge in [0.2, 0.25) is 5.89 Å². The molecule has 0 fully saturated rings. The Labute approximate surface area is 86.5 Å². The van der Waals surface area contributed by atoms with Crippen LogP contribution in [0.25, 0.3) is 11.5 Å². The number of rotatable bonds is 1. The van der Waals surface area contributed by atoms with Gasteiger partial charge in [0.25, 0.3) is 0 Å². The van der Waals surface area contributed by atoms with Crippen LogP contribution in [-0.2, 0) is 0 Å². The van der Waals surface area contributed by atoms with Crippen molar-refractivity contribution in [3.8, 4) is 11.5 Å². The number of aryl methyl sites for hydroxylation is 1. The molecule has 1 heterocycles. The van der Waals surface area contributed by atoms with Gasteiger partial charge >= 0.3 is 0 Å². The van der Waals surface area contributed by atoms with Crippen molar-refractivity contribution >= 4 is 17.3 Å². The molecule has 2 rings (SSSR count). The summed E-state index contributed by atoms with van der Waals surface area (Å²) in [6.07, 6.45) is 1.64. The number of hydrogen-bond acceptors (Lipinski definition) is 3. The van der Waals surface area contributed by atoms with E-state index in [-0.39, 0.29) is 0 Å². The van der Waals surface area contributed by atoms with Crippen molar-refractivity contribution < 1.29 is 4.42 Å². The first-order chi connectivity index (χ1) is 6.68. The predicted octanol–water partition coefficient (Wildman–Crippen LogP) is 2.89. The maximum absolute atomic E-state index is 5.99. The molecule has 4 heteroatoms. The number of nitrogens with two attached hydrogens (primary N) is 1. The highest BCUT2D eigenvalue weighted by atomic mass is 35.5. The summed E-state index contributed by atoms with van der Waals surface area (Å²) in [6.45, 7) is 1.82. The van der Waals surface area contributed by atoms with E-state index in [1.54, 1.807) is 24.4 Å². The van der Waals surface area contributed by atoms with Gasteiger partial charge in [-0.25, -0.2) is 4.98 Å². The highest BCUT2D eigenvalue weighted by Crippen LogP contribution is 2.32. The molecule has 0 spiro atoms. The van der Waals surface area contributed by atoms with Gasteiger partial charge in [-0.15, -0.1) is 0 Å². The quantitative estimate of drug-likeness (QED) is 0.734. The van der Waals surface area contributed by atoms with Crippen LogP contribution in [0.15, 0.2) is 28.8 Å². The van der Waals surface area contributed by atoms with Gasteiger partial charge in [-0.05, 0) is 19.1 Å². The summed E-state index contributed by atoms with van der Waals surface area (Å²) in [6, 6.07) is 5.31. The van der Waals surface area contributed by atoms with Gasteiger partial charge in [-0.3, -0.25) is 0 Å². The highest BCUT2D eigenvalue weighted by Gasteiger charge is 2.11. The molecule has 0 saturated carbocycles. The molecule has 2 N–H and O–H groups in total. The zero-order valence-corrected chi connectivity index (χ0v) is 8.38. The van der Waals surface area contributed by atoms with Crippen LogP contribution < -0.4 is 5.73 Å². The Morgan fingerprint density at radius 2 is 2.21 bits per heavy atom. The fourth-order valence-electron chi connectivity index (χ4n) is 1.24. The number of hydrogen-bond donors (Lipinski definition) is 1. The Balaban J connectivity index is 2.61. The van der Waals surface area contributed by atoms with Crippen LogP contribution in [0, 0.1) is 6.92 Å². The molecule has 14 heavy (non-hydrogen) atoms. The van der Waals surface area contributed by atoms with Crippen molar-refractivity contribution in [3.05, 3.63) is 35.2 Å². The minimum atomic E-state index is 0.464. The second kappa shape index (κ2) is 3.35. The molecular weight excluding hydrogens is 200 g/mol. The van der Waals surface area contributed by atoms with E-state index in [4.69, 9.17) is 21.8 Å². The van der Waals surface area contributed by atoms with E-state index in [0.717, 1.165) is 5.76 Å². The number of nitrogens with zero attached hydrogens (tertiary/aromatic N) is 1. The molecule has 0 bridgehead atoms. The van der Waals surface area contributed by atoms with Crippen LogP contribution in [0.5, 0.6) is 0 Å². The first-order valence-electron chi connectivity index (χ1n) is 4.15.